The lowest BCUT2D eigenvalue weighted by molar-refractivity contribution is 0.108. The lowest BCUT2D eigenvalue weighted by Crippen LogP contribution is -2.38. The first kappa shape index (κ1) is 11.3. The smallest absolute Gasteiger partial charge is 0.414 e. The molecule has 0 saturated heterocycles. The lowest BCUT2D eigenvalue weighted by atomic mass is 10.2. The van der Waals surface area contributed by atoms with Crippen molar-refractivity contribution < 1.29 is 19.7 Å². The van der Waals surface area contributed by atoms with Gasteiger partial charge in [0.25, 0.3) is 0 Å². The van der Waals surface area contributed by atoms with Gasteiger partial charge in [0.15, 0.2) is 0 Å². The van der Waals surface area contributed by atoms with Crippen molar-refractivity contribution >= 4 is 11.8 Å². The van der Waals surface area contributed by atoms with Crippen LogP contribution in [0.1, 0.15) is 6.92 Å². The number of amides is 1. The summed E-state index contributed by atoms with van der Waals surface area (Å²) in [7, 11) is 1.40. The van der Waals surface area contributed by atoms with Gasteiger partial charge in [0.2, 0.25) is 0 Å². The molecule has 0 aliphatic heterocycles. The maximum absolute atomic E-state index is 11.0. The molecule has 0 spiro atoms. The molecule has 1 unspecified atom stereocenters. The van der Waals surface area contributed by atoms with Gasteiger partial charge in [0.1, 0.15) is 12.0 Å². The Kier molecular flexibility index (Phi) is 3.51. The Balaban J connectivity index is 3.10. The third-order valence-electron chi connectivity index (χ3n) is 2.05. The molecule has 0 saturated carbocycles. The highest BCUT2D eigenvalue weighted by molar-refractivity contribution is 5.88. The number of anilines is 1. The quantitative estimate of drug-likeness (QED) is 0.749. The zero-order valence-electron chi connectivity index (χ0n) is 8.54. The first-order valence-corrected chi connectivity index (χ1v) is 4.41. The van der Waals surface area contributed by atoms with Gasteiger partial charge < -0.3 is 14.9 Å². The van der Waals surface area contributed by atoms with Crippen LogP contribution in [0, 0.1) is 0 Å². The van der Waals surface area contributed by atoms with E-state index in [1.165, 1.54) is 19.2 Å². The Hall–Kier alpha value is -1.75. The maximum Gasteiger partial charge on any atom is 0.414 e. The minimum absolute atomic E-state index is 0.0937. The molecule has 1 aromatic rings. The first-order chi connectivity index (χ1) is 7.07. The van der Waals surface area contributed by atoms with Crippen molar-refractivity contribution in [3.8, 4) is 5.75 Å². The van der Waals surface area contributed by atoms with Gasteiger partial charge in [-0.1, -0.05) is 12.1 Å². The molecule has 5 nitrogen and oxygen atoms in total. The summed E-state index contributed by atoms with van der Waals surface area (Å²) in [5.41, 5.74) is 0.208. The summed E-state index contributed by atoms with van der Waals surface area (Å²) in [4.78, 5) is 11.9. The average Bonchev–Trinajstić information content (AvgIpc) is 2.20. The van der Waals surface area contributed by atoms with Crippen LogP contribution >= 0.6 is 0 Å². The second-order valence-electron chi connectivity index (χ2n) is 2.98. The van der Waals surface area contributed by atoms with E-state index < -0.39 is 12.3 Å². The number of hydrogen-bond donors (Lipinski definition) is 2. The summed E-state index contributed by atoms with van der Waals surface area (Å²) in [6.45, 7) is 1.58. The zero-order chi connectivity index (χ0) is 11.4. The normalized spacial score (nSPS) is 12.1. The molecule has 0 aliphatic rings. The van der Waals surface area contributed by atoms with E-state index in [4.69, 9.17) is 9.84 Å². The van der Waals surface area contributed by atoms with Gasteiger partial charge in [-0.05, 0) is 19.1 Å². The van der Waals surface area contributed by atoms with E-state index in [-0.39, 0.29) is 11.4 Å². The Morgan fingerprint density at radius 2 is 2.07 bits per heavy atom. The SMILES string of the molecule is COC(C)N(C(=O)O)c1ccccc1O. The monoisotopic (exact) mass is 211 g/mol. The number of carboxylic acid groups (broad SMARTS) is 1. The number of carbonyl (C=O) groups is 1. The van der Waals surface area contributed by atoms with Crippen LogP contribution in [0.15, 0.2) is 24.3 Å². The standard InChI is InChI=1S/C10H13NO4/c1-7(15-2)11(10(13)14)8-5-3-4-6-9(8)12/h3-7,12H,1-2H3,(H,13,14). The van der Waals surface area contributed by atoms with Crippen LogP contribution in [0.3, 0.4) is 0 Å². The van der Waals surface area contributed by atoms with E-state index >= 15 is 0 Å². The summed E-state index contributed by atoms with van der Waals surface area (Å²) < 4.78 is 4.92. The van der Waals surface area contributed by atoms with Crippen LogP contribution in [0.5, 0.6) is 5.75 Å². The molecule has 1 amide bonds. The molecular weight excluding hydrogens is 198 g/mol. The first-order valence-electron chi connectivity index (χ1n) is 4.41. The van der Waals surface area contributed by atoms with Gasteiger partial charge in [0, 0.05) is 7.11 Å². The highest BCUT2D eigenvalue weighted by atomic mass is 16.5. The second-order valence-corrected chi connectivity index (χ2v) is 2.98. The summed E-state index contributed by atoms with van der Waals surface area (Å²) in [6, 6.07) is 6.20. The van der Waals surface area contributed by atoms with Crippen molar-refractivity contribution in [1.29, 1.82) is 0 Å². The zero-order valence-corrected chi connectivity index (χ0v) is 8.54. The number of rotatable bonds is 3. The van der Waals surface area contributed by atoms with Crippen molar-refractivity contribution in [3.05, 3.63) is 24.3 Å². The largest absolute Gasteiger partial charge is 0.506 e. The van der Waals surface area contributed by atoms with Crippen LogP contribution in [-0.4, -0.2) is 29.6 Å². The molecule has 1 rings (SSSR count). The fraction of sp³-hybridized carbons (Fsp3) is 0.300. The van der Waals surface area contributed by atoms with Crippen LogP contribution in [0.2, 0.25) is 0 Å². The van der Waals surface area contributed by atoms with Crippen LogP contribution in [0.25, 0.3) is 0 Å². The fourth-order valence-corrected chi connectivity index (χ4v) is 1.23. The number of para-hydroxylation sites is 2. The molecule has 1 atom stereocenters. The molecule has 0 fully saturated rings. The van der Waals surface area contributed by atoms with Crippen molar-refractivity contribution in [2.45, 2.75) is 13.2 Å². The number of ether oxygens (including phenoxy) is 1. The molecule has 0 heterocycles. The van der Waals surface area contributed by atoms with Crippen LogP contribution in [-0.2, 0) is 4.74 Å². The Morgan fingerprint density at radius 3 is 2.53 bits per heavy atom. The average molecular weight is 211 g/mol. The Morgan fingerprint density at radius 1 is 1.47 bits per heavy atom. The van der Waals surface area contributed by atoms with E-state index in [2.05, 4.69) is 0 Å². The number of phenolic OH excluding ortho intramolecular Hbond substituents is 1. The fourth-order valence-electron chi connectivity index (χ4n) is 1.23. The number of methoxy groups -OCH3 is 1. The minimum atomic E-state index is -1.18. The molecule has 15 heavy (non-hydrogen) atoms. The van der Waals surface area contributed by atoms with E-state index in [1.807, 2.05) is 0 Å². The highest BCUT2D eigenvalue weighted by Gasteiger charge is 2.23. The predicted molar refractivity (Wildman–Crippen MR) is 55.1 cm³/mol. The van der Waals surface area contributed by atoms with Gasteiger partial charge in [0.05, 0.1) is 5.69 Å². The minimum Gasteiger partial charge on any atom is -0.506 e. The number of benzene rings is 1. The molecular formula is C10H13NO4. The van der Waals surface area contributed by atoms with E-state index in [0.717, 1.165) is 4.90 Å². The highest BCUT2D eigenvalue weighted by Crippen LogP contribution is 2.28. The number of hydrogen-bond acceptors (Lipinski definition) is 3. The van der Waals surface area contributed by atoms with E-state index in [0.29, 0.717) is 0 Å². The Labute approximate surface area is 87.5 Å². The van der Waals surface area contributed by atoms with Gasteiger partial charge in [-0.3, -0.25) is 0 Å². The van der Waals surface area contributed by atoms with E-state index in [9.17, 15) is 9.90 Å². The lowest BCUT2D eigenvalue weighted by Gasteiger charge is -2.25. The molecule has 0 aliphatic carbocycles. The van der Waals surface area contributed by atoms with Crippen LogP contribution < -0.4 is 4.90 Å². The molecule has 0 bridgehead atoms. The Bertz CT molecular complexity index is 353. The summed E-state index contributed by atoms with van der Waals surface area (Å²) >= 11 is 0. The number of phenols is 1. The van der Waals surface area contributed by atoms with Crippen molar-refractivity contribution in [1.82, 2.24) is 0 Å². The van der Waals surface area contributed by atoms with Gasteiger partial charge in [-0.25, -0.2) is 9.69 Å². The molecule has 0 radical (unpaired) electrons. The third-order valence-corrected chi connectivity index (χ3v) is 2.05. The van der Waals surface area contributed by atoms with Crippen molar-refractivity contribution in [2.24, 2.45) is 0 Å². The van der Waals surface area contributed by atoms with Gasteiger partial charge in [-0.15, -0.1) is 0 Å². The summed E-state index contributed by atoms with van der Waals surface area (Å²) in [5.74, 6) is -0.0937. The summed E-state index contributed by atoms with van der Waals surface area (Å²) in [6.07, 6.45) is -1.83. The summed E-state index contributed by atoms with van der Waals surface area (Å²) in [5, 5.41) is 18.5. The molecule has 5 heteroatoms. The topological polar surface area (TPSA) is 70.0 Å². The van der Waals surface area contributed by atoms with Gasteiger partial charge in [-0.2, -0.15) is 0 Å². The number of nitrogens with zero attached hydrogens (tertiary/aromatic N) is 1. The van der Waals surface area contributed by atoms with Crippen LogP contribution in [0.4, 0.5) is 10.5 Å². The molecule has 1 aromatic carbocycles. The second kappa shape index (κ2) is 4.65. The number of aromatic hydroxyl groups is 1. The molecule has 0 aromatic heterocycles. The molecule has 82 valence electrons. The predicted octanol–water partition coefficient (Wildman–Crippen LogP) is 1.87. The van der Waals surface area contributed by atoms with Crippen molar-refractivity contribution in [2.75, 3.05) is 12.0 Å². The maximum atomic E-state index is 11.0. The van der Waals surface area contributed by atoms with Crippen molar-refractivity contribution in [3.63, 3.8) is 0 Å². The third kappa shape index (κ3) is 2.38. The van der Waals surface area contributed by atoms with E-state index in [1.54, 1.807) is 19.1 Å². The van der Waals surface area contributed by atoms with Gasteiger partial charge >= 0.3 is 6.09 Å². The molecule has 2 N–H and O–H groups in total.